The van der Waals surface area contributed by atoms with Crippen molar-refractivity contribution in [3.05, 3.63) is 65.9 Å². The normalized spacial score (nSPS) is 17.0. The average Bonchev–Trinajstić information content (AvgIpc) is 2.94. The predicted molar refractivity (Wildman–Crippen MR) is 88.1 cm³/mol. The molecule has 1 aromatic heterocycles. The molecule has 0 aliphatic carbocycles. The second kappa shape index (κ2) is 4.91. The highest BCUT2D eigenvalue weighted by Gasteiger charge is 2.24. The number of para-hydroxylation sites is 2. The first-order valence-electron chi connectivity index (χ1n) is 7.45. The molecule has 1 aliphatic heterocycles. The molecule has 0 spiro atoms. The van der Waals surface area contributed by atoms with E-state index in [9.17, 15) is 4.79 Å². The Balaban J connectivity index is 1.84. The van der Waals surface area contributed by atoms with Crippen molar-refractivity contribution in [2.24, 2.45) is 5.73 Å². The van der Waals surface area contributed by atoms with Crippen molar-refractivity contribution in [2.75, 3.05) is 11.9 Å². The summed E-state index contributed by atoms with van der Waals surface area (Å²) in [5, 5.41) is 4.51. The summed E-state index contributed by atoms with van der Waals surface area (Å²) in [5.41, 5.74) is 9.68. The minimum absolute atomic E-state index is 0.178. The van der Waals surface area contributed by atoms with Gasteiger partial charge in [0.15, 0.2) is 0 Å². The minimum atomic E-state index is -0.380. The maximum absolute atomic E-state index is 11.9. The van der Waals surface area contributed by atoms with Gasteiger partial charge in [0, 0.05) is 23.1 Å². The van der Waals surface area contributed by atoms with Crippen molar-refractivity contribution in [3.63, 3.8) is 0 Å². The molecule has 4 heteroatoms. The van der Waals surface area contributed by atoms with Gasteiger partial charge in [0.05, 0.1) is 6.04 Å². The number of hydrogen-bond acceptors (Lipinski definition) is 2. The summed E-state index contributed by atoms with van der Waals surface area (Å²) in [6.07, 6.45) is 0.891. The molecule has 0 saturated heterocycles. The zero-order chi connectivity index (χ0) is 15.1. The summed E-state index contributed by atoms with van der Waals surface area (Å²) < 4.78 is 2.08. The highest BCUT2D eigenvalue weighted by atomic mass is 16.1. The Morgan fingerprint density at radius 3 is 2.77 bits per heavy atom. The summed E-state index contributed by atoms with van der Waals surface area (Å²) in [4.78, 5) is 11.9. The Kier molecular flexibility index (Phi) is 2.89. The summed E-state index contributed by atoms with van der Waals surface area (Å²) in [6.45, 7) is 0.788. The van der Waals surface area contributed by atoms with Gasteiger partial charge in [0.2, 0.25) is 0 Å². The van der Waals surface area contributed by atoms with Crippen molar-refractivity contribution in [2.45, 2.75) is 12.5 Å². The van der Waals surface area contributed by atoms with Crippen LogP contribution in [0.5, 0.6) is 0 Å². The summed E-state index contributed by atoms with van der Waals surface area (Å²) in [7, 11) is 0. The molecule has 1 amide bonds. The summed E-state index contributed by atoms with van der Waals surface area (Å²) in [5.74, 6) is -0.380. The molecule has 1 atom stereocenters. The molecule has 1 aliphatic rings. The molecule has 3 aromatic rings. The summed E-state index contributed by atoms with van der Waals surface area (Å²) >= 11 is 0. The van der Waals surface area contributed by atoms with E-state index in [1.807, 2.05) is 42.5 Å². The third-order valence-electron chi connectivity index (χ3n) is 4.37. The van der Waals surface area contributed by atoms with E-state index in [2.05, 4.69) is 22.0 Å². The lowest BCUT2D eigenvalue weighted by molar-refractivity contribution is 0.0990. The number of aromatic nitrogens is 1. The minimum Gasteiger partial charge on any atom is -0.383 e. The van der Waals surface area contributed by atoms with Crippen LogP contribution >= 0.6 is 0 Å². The Morgan fingerprint density at radius 1 is 1.14 bits per heavy atom. The molecular weight excluding hydrogens is 274 g/mol. The fourth-order valence-electron chi connectivity index (χ4n) is 3.37. The van der Waals surface area contributed by atoms with Crippen LogP contribution in [0.15, 0.2) is 54.6 Å². The molecule has 0 saturated carbocycles. The third-order valence-corrected chi connectivity index (χ3v) is 4.37. The number of carbonyl (C=O) groups is 1. The van der Waals surface area contributed by atoms with E-state index in [1.165, 1.54) is 11.3 Å². The van der Waals surface area contributed by atoms with Gasteiger partial charge in [-0.1, -0.05) is 36.4 Å². The molecule has 4 rings (SSSR count). The first kappa shape index (κ1) is 13.0. The molecule has 0 fully saturated rings. The number of benzene rings is 2. The van der Waals surface area contributed by atoms with Crippen LogP contribution in [0.25, 0.3) is 10.9 Å². The molecular formula is C18H17N3O. The van der Waals surface area contributed by atoms with Crippen LogP contribution in [-0.2, 0) is 6.42 Å². The first-order valence-corrected chi connectivity index (χ1v) is 7.45. The van der Waals surface area contributed by atoms with Crippen LogP contribution in [-0.4, -0.2) is 17.0 Å². The number of fused-ring (bicyclic) bond motifs is 2. The molecule has 2 aromatic carbocycles. The number of nitrogens with two attached hydrogens (primary N) is 1. The number of amides is 1. The van der Waals surface area contributed by atoms with Crippen molar-refractivity contribution in [1.29, 1.82) is 0 Å². The third kappa shape index (κ3) is 1.96. The maximum Gasteiger partial charge on any atom is 0.265 e. The first-order chi connectivity index (χ1) is 10.7. The lowest BCUT2D eigenvalue weighted by atomic mass is 9.99. The molecule has 1 unspecified atom stereocenters. The van der Waals surface area contributed by atoms with Gasteiger partial charge in [-0.05, 0) is 30.2 Å². The van der Waals surface area contributed by atoms with Crippen LogP contribution in [0.4, 0.5) is 5.69 Å². The molecule has 0 radical (unpaired) electrons. The van der Waals surface area contributed by atoms with Crippen LogP contribution in [0.3, 0.4) is 0 Å². The molecule has 110 valence electrons. The van der Waals surface area contributed by atoms with Gasteiger partial charge in [0.1, 0.15) is 5.69 Å². The average molecular weight is 291 g/mol. The van der Waals surface area contributed by atoms with E-state index < -0.39 is 0 Å². The van der Waals surface area contributed by atoms with E-state index in [0.29, 0.717) is 5.69 Å². The fourth-order valence-corrected chi connectivity index (χ4v) is 3.37. The van der Waals surface area contributed by atoms with Crippen molar-refractivity contribution in [3.8, 4) is 0 Å². The standard InChI is InChI=1S/C18H17N3O/c19-18(22)17-10-13-6-2-4-8-16(13)21(17)14-9-12-5-1-3-7-15(12)20-11-14/h1-8,10,14,20H,9,11H2,(H2,19,22). The zero-order valence-electron chi connectivity index (χ0n) is 12.1. The summed E-state index contributed by atoms with van der Waals surface area (Å²) in [6, 6.07) is 18.4. The number of nitrogens with zero attached hydrogens (tertiary/aromatic N) is 1. The van der Waals surface area contributed by atoms with E-state index in [-0.39, 0.29) is 11.9 Å². The predicted octanol–water partition coefficient (Wildman–Crippen LogP) is 2.95. The number of carbonyl (C=O) groups excluding carboxylic acids is 1. The van der Waals surface area contributed by atoms with Gasteiger partial charge in [-0.2, -0.15) is 0 Å². The highest BCUT2D eigenvalue weighted by Crippen LogP contribution is 2.31. The van der Waals surface area contributed by atoms with Gasteiger partial charge in [-0.15, -0.1) is 0 Å². The van der Waals surface area contributed by atoms with Crippen LogP contribution in [0, 0.1) is 0 Å². The number of primary amides is 1. The van der Waals surface area contributed by atoms with Crippen LogP contribution < -0.4 is 11.1 Å². The number of anilines is 1. The van der Waals surface area contributed by atoms with E-state index in [4.69, 9.17) is 5.73 Å². The number of rotatable bonds is 2. The van der Waals surface area contributed by atoms with Gasteiger partial charge >= 0.3 is 0 Å². The van der Waals surface area contributed by atoms with E-state index in [0.717, 1.165) is 23.9 Å². The quantitative estimate of drug-likeness (QED) is 0.762. The van der Waals surface area contributed by atoms with Crippen molar-refractivity contribution < 1.29 is 4.79 Å². The van der Waals surface area contributed by atoms with Crippen molar-refractivity contribution in [1.82, 2.24) is 4.57 Å². The second-order valence-corrected chi connectivity index (χ2v) is 5.72. The zero-order valence-corrected chi connectivity index (χ0v) is 12.1. The number of nitrogens with one attached hydrogen (secondary N) is 1. The van der Waals surface area contributed by atoms with Gasteiger partial charge < -0.3 is 15.6 Å². The Labute approximate surface area is 128 Å². The Hall–Kier alpha value is -2.75. The maximum atomic E-state index is 11.9. The Bertz CT molecular complexity index is 866. The molecule has 22 heavy (non-hydrogen) atoms. The molecule has 0 bridgehead atoms. The SMILES string of the molecule is NC(=O)c1cc2ccccc2n1C1CNc2ccccc2C1. The monoisotopic (exact) mass is 291 g/mol. The lowest BCUT2D eigenvalue weighted by Crippen LogP contribution is -2.29. The second-order valence-electron chi connectivity index (χ2n) is 5.72. The van der Waals surface area contributed by atoms with Gasteiger partial charge in [-0.3, -0.25) is 4.79 Å². The van der Waals surface area contributed by atoms with Crippen LogP contribution in [0.2, 0.25) is 0 Å². The topological polar surface area (TPSA) is 60.1 Å². The van der Waals surface area contributed by atoms with Gasteiger partial charge in [0.25, 0.3) is 5.91 Å². The molecule has 3 N–H and O–H groups in total. The van der Waals surface area contributed by atoms with E-state index >= 15 is 0 Å². The molecule has 2 heterocycles. The molecule has 4 nitrogen and oxygen atoms in total. The number of hydrogen-bond donors (Lipinski definition) is 2. The van der Waals surface area contributed by atoms with Crippen molar-refractivity contribution >= 4 is 22.5 Å². The van der Waals surface area contributed by atoms with E-state index in [1.54, 1.807) is 0 Å². The smallest absolute Gasteiger partial charge is 0.265 e. The Morgan fingerprint density at radius 2 is 1.91 bits per heavy atom. The lowest BCUT2D eigenvalue weighted by Gasteiger charge is -2.29. The fraction of sp³-hybridized carbons (Fsp3) is 0.167. The van der Waals surface area contributed by atoms with Crippen LogP contribution in [0.1, 0.15) is 22.1 Å². The van der Waals surface area contributed by atoms with Gasteiger partial charge in [-0.25, -0.2) is 0 Å². The highest BCUT2D eigenvalue weighted by molar-refractivity contribution is 5.98. The largest absolute Gasteiger partial charge is 0.383 e.